The fourth-order valence-electron chi connectivity index (χ4n) is 5.80. The number of rotatable bonds is 6. The molecule has 0 bridgehead atoms. The van der Waals surface area contributed by atoms with Gasteiger partial charge in [0.25, 0.3) is 5.91 Å². The number of nitrogens with zero attached hydrogens (tertiary/aromatic N) is 3. The largest absolute Gasteiger partial charge is 0.395 e. The highest BCUT2D eigenvalue weighted by Gasteiger charge is 2.49. The van der Waals surface area contributed by atoms with Crippen LogP contribution < -0.4 is 0 Å². The van der Waals surface area contributed by atoms with Gasteiger partial charge in [0.05, 0.1) is 6.61 Å². The smallest absolute Gasteiger partial charge is 0.253 e. The van der Waals surface area contributed by atoms with Crippen molar-refractivity contribution >= 4 is 5.91 Å². The summed E-state index contributed by atoms with van der Waals surface area (Å²) in [6, 6.07) is 17.5. The van der Waals surface area contributed by atoms with Gasteiger partial charge in [0.15, 0.2) is 0 Å². The Morgan fingerprint density at radius 1 is 0.970 bits per heavy atom. The van der Waals surface area contributed by atoms with Crippen molar-refractivity contribution in [2.24, 2.45) is 5.92 Å². The molecule has 3 fully saturated rings. The van der Waals surface area contributed by atoms with Gasteiger partial charge in [-0.2, -0.15) is 0 Å². The molecule has 5 heteroatoms. The van der Waals surface area contributed by atoms with Gasteiger partial charge >= 0.3 is 0 Å². The van der Waals surface area contributed by atoms with Crippen LogP contribution in [0.4, 0.5) is 0 Å². The van der Waals surface area contributed by atoms with Crippen molar-refractivity contribution < 1.29 is 9.90 Å². The molecule has 176 valence electrons. The average Bonchev–Trinajstić information content (AvgIpc) is 3.63. The van der Waals surface area contributed by atoms with Gasteiger partial charge in [-0.15, -0.1) is 0 Å². The Morgan fingerprint density at radius 2 is 1.61 bits per heavy atom. The number of amides is 1. The second-order valence-electron chi connectivity index (χ2n) is 10.4. The lowest BCUT2D eigenvalue weighted by atomic mass is 9.74. The lowest BCUT2D eigenvalue weighted by Crippen LogP contribution is -2.67. The van der Waals surface area contributed by atoms with Crippen molar-refractivity contribution in [2.45, 2.75) is 43.7 Å². The summed E-state index contributed by atoms with van der Waals surface area (Å²) in [6.45, 7) is 4.95. The summed E-state index contributed by atoms with van der Waals surface area (Å²) in [7, 11) is 3.55. The highest BCUT2D eigenvalue weighted by Crippen LogP contribution is 2.43. The molecular formula is C28H37N3O2. The molecule has 33 heavy (non-hydrogen) atoms. The number of carbonyl (C=O) groups is 1. The lowest BCUT2D eigenvalue weighted by molar-refractivity contribution is -0.0649. The van der Waals surface area contributed by atoms with E-state index in [0.29, 0.717) is 17.5 Å². The standard InChI is InChI=1S/C28H37N3O2/c1-29(2)28(33)24-13-9-22(10-14-24)21-7-11-23(12-8-21)27-25-18-30(17-20-5-6-20)15-3-4-16-31(25)26(27)19-32/h7-14,20,25-27,32H,3-6,15-19H2,1-2H3/t25-,26-,27-/m0/s1. The second-order valence-corrected chi connectivity index (χ2v) is 10.4. The zero-order valence-electron chi connectivity index (χ0n) is 20.0. The maximum absolute atomic E-state index is 12.2. The fourth-order valence-corrected chi connectivity index (χ4v) is 5.80. The summed E-state index contributed by atoms with van der Waals surface area (Å²) in [5.74, 6) is 1.34. The number of hydrogen-bond acceptors (Lipinski definition) is 4. The van der Waals surface area contributed by atoms with E-state index in [-0.39, 0.29) is 18.6 Å². The second kappa shape index (κ2) is 9.57. The Bertz CT molecular complexity index is 952. The van der Waals surface area contributed by atoms with Crippen molar-refractivity contribution in [3.05, 3.63) is 59.7 Å². The first kappa shape index (κ1) is 22.6. The topological polar surface area (TPSA) is 47.0 Å². The molecule has 1 amide bonds. The molecule has 0 aromatic heterocycles. The molecule has 1 saturated carbocycles. The van der Waals surface area contributed by atoms with Gasteiger partial charge < -0.3 is 14.9 Å². The van der Waals surface area contributed by atoms with Crippen LogP contribution >= 0.6 is 0 Å². The van der Waals surface area contributed by atoms with Crippen LogP contribution in [0.2, 0.25) is 0 Å². The van der Waals surface area contributed by atoms with Crippen LogP contribution in [-0.2, 0) is 0 Å². The lowest BCUT2D eigenvalue weighted by Gasteiger charge is -2.57. The summed E-state index contributed by atoms with van der Waals surface area (Å²) in [4.78, 5) is 19.0. The molecule has 2 aromatic carbocycles. The fraction of sp³-hybridized carbons (Fsp3) is 0.536. The molecule has 2 saturated heterocycles. The van der Waals surface area contributed by atoms with E-state index < -0.39 is 0 Å². The van der Waals surface area contributed by atoms with Gasteiger partial charge in [0.2, 0.25) is 0 Å². The zero-order chi connectivity index (χ0) is 22.9. The summed E-state index contributed by atoms with van der Waals surface area (Å²) in [5, 5.41) is 10.2. The van der Waals surface area contributed by atoms with Crippen molar-refractivity contribution in [2.75, 3.05) is 46.9 Å². The minimum atomic E-state index is 0.0245. The Balaban J connectivity index is 1.32. The molecule has 1 aliphatic carbocycles. The Morgan fingerprint density at radius 3 is 2.21 bits per heavy atom. The summed E-state index contributed by atoms with van der Waals surface area (Å²) in [6.07, 6.45) is 5.30. The van der Waals surface area contributed by atoms with Crippen LogP contribution in [0, 0.1) is 5.92 Å². The van der Waals surface area contributed by atoms with Crippen molar-refractivity contribution in [3.63, 3.8) is 0 Å². The van der Waals surface area contributed by atoms with Crippen molar-refractivity contribution in [1.29, 1.82) is 0 Å². The van der Waals surface area contributed by atoms with Gasteiger partial charge in [-0.3, -0.25) is 9.69 Å². The molecular weight excluding hydrogens is 410 g/mol. The number of carbonyl (C=O) groups excluding carboxylic acids is 1. The normalized spacial score (nSPS) is 26.1. The Labute approximate surface area is 198 Å². The first-order valence-corrected chi connectivity index (χ1v) is 12.6. The molecule has 2 heterocycles. The van der Waals surface area contributed by atoms with Crippen molar-refractivity contribution in [3.8, 4) is 11.1 Å². The highest BCUT2D eigenvalue weighted by molar-refractivity contribution is 5.94. The molecule has 3 atom stereocenters. The molecule has 0 radical (unpaired) electrons. The van der Waals surface area contributed by atoms with E-state index in [4.69, 9.17) is 0 Å². The van der Waals surface area contributed by atoms with Crippen molar-refractivity contribution in [1.82, 2.24) is 14.7 Å². The van der Waals surface area contributed by atoms with Crippen LogP contribution in [0.1, 0.15) is 47.5 Å². The van der Waals surface area contributed by atoms with Crippen LogP contribution in [0.5, 0.6) is 0 Å². The van der Waals surface area contributed by atoms with Crippen LogP contribution in [0.3, 0.4) is 0 Å². The summed E-state index contributed by atoms with van der Waals surface area (Å²) in [5.41, 5.74) is 4.32. The number of hydrogen-bond donors (Lipinski definition) is 1. The number of benzene rings is 2. The van der Waals surface area contributed by atoms with E-state index >= 15 is 0 Å². The zero-order valence-corrected chi connectivity index (χ0v) is 20.0. The molecule has 5 rings (SSSR count). The maximum atomic E-state index is 12.2. The van der Waals surface area contributed by atoms with Crippen LogP contribution in [0.15, 0.2) is 48.5 Å². The molecule has 2 aliphatic heterocycles. The third-order valence-electron chi connectivity index (χ3n) is 7.83. The van der Waals surface area contributed by atoms with Gasteiger partial charge in [0, 0.05) is 50.7 Å². The third-order valence-corrected chi connectivity index (χ3v) is 7.83. The van der Waals surface area contributed by atoms with Gasteiger partial charge in [-0.1, -0.05) is 36.4 Å². The molecule has 3 aliphatic rings. The third kappa shape index (κ3) is 4.72. The minimum absolute atomic E-state index is 0.0245. The van der Waals surface area contributed by atoms with Gasteiger partial charge in [0.1, 0.15) is 0 Å². The Kier molecular flexibility index (Phi) is 6.55. The van der Waals surface area contributed by atoms with E-state index in [2.05, 4.69) is 34.1 Å². The van der Waals surface area contributed by atoms with E-state index in [1.807, 2.05) is 24.3 Å². The van der Waals surface area contributed by atoms with Crippen LogP contribution in [0.25, 0.3) is 11.1 Å². The van der Waals surface area contributed by atoms with Gasteiger partial charge in [-0.05, 0) is 73.5 Å². The highest BCUT2D eigenvalue weighted by atomic mass is 16.3. The molecule has 0 unspecified atom stereocenters. The molecule has 2 aromatic rings. The van der Waals surface area contributed by atoms with E-state index in [1.54, 1.807) is 19.0 Å². The first-order valence-electron chi connectivity index (χ1n) is 12.6. The SMILES string of the molecule is CN(C)C(=O)c1ccc(-c2ccc([C@@H]3[C@H](CO)N4CCCCN(CC5CC5)C[C@@H]34)cc2)cc1. The maximum Gasteiger partial charge on any atom is 0.253 e. The number of aliphatic hydroxyl groups excluding tert-OH is 1. The summed E-state index contributed by atoms with van der Waals surface area (Å²) < 4.78 is 0. The quantitative estimate of drug-likeness (QED) is 0.734. The van der Waals surface area contributed by atoms with E-state index in [9.17, 15) is 9.90 Å². The first-order chi connectivity index (χ1) is 16.0. The van der Waals surface area contributed by atoms with Crippen LogP contribution in [-0.4, -0.2) is 84.7 Å². The van der Waals surface area contributed by atoms with Gasteiger partial charge in [-0.25, -0.2) is 0 Å². The number of fused-ring (bicyclic) bond motifs is 1. The van der Waals surface area contributed by atoms with E-state index in [0.717, 1.165) is 30.1 Å². The number of aliphatic hydroxyl groups is 1. The average molecular weight is 448 g/mol. The predicted octanol–water partition coefficient (Wildman–Crippen LogP) is 3.69. The minimum Gasteiger partial charge on any atom is -0.395 e. The Hall–Kier alpha value is -2.21. The predicted molar refractivity (Wildman–Crippen MR) is 132 cm³/mol. The monoisotopic (exact) mass is 447 g/mol. The molecule has 1 N–H and O–H groups in total. The van der Waals surface area contributed by atoms with E-state index in [1.165, 1.54) is 44.3 Å². The summed E-state index contributed by atoms with van der Waals surface area (Å²) >= 11 is 0. The molecule has 0 spiro atoms. The molecule has 5 nitrogen and oxygen atoms in total.